The molecule has 2 heterocycles. The summed E-state index contributed by atoms with van der Waals surface area (Å²) in [4.78, 5) is 4.52. The van der Waals surface area contributed by atoms with Crippen LogP contribution in [0.15, 0.2) is 32.0 Å². The molecular formula is C13H12Br2N2S. The predicted molar refractivity (Wildman–Crippen MR) is 81.9 cm³/mol. The van der Waals surface area contributed by atoms with E-state index in [0.29, 0.717) is 5.92 Å². The summed E-state index contributed by atoms with van der Waals surface area (Å²) in [7, 11) is 0. The largest absolute Gasteiger partial charge is 0.323 e. The van der Waals surface area contributed by atoms with Gasteiger partial charge in [0.1, 0.15) is 0 Å². The number of hydrogen-bond donors (Lipinski definition) is 1. The summed E-state index contributed by atoms with van der Waals surface area (Å²) in [6.45, 7) is 0. The lowest BCUT2D eigenvalue weighted by molar-refractivity contribution is 0.541. The first-order valence-electron chi connectivity index (χ1n) is 5.81. The molecule has 18 heavy (non-hydrogen) atoms. The zero-order chi connectivity index (χ0) is 12.7. The number of hydrogen-bond acceptors (Lipinski definition) is 3. The van der Waals surface area contributed by atoms with Crippen LogP contribution in [0.25, 0.3) is 0 Å². The van der Waals surface area contributed by atoms with Gasteiger partial charge in [0.25, 0.3) is 0 Å². The lowest BCUT2D eigenvalue weighted by atomic mass is 9.93. The molecule has 2 N–H and O–H groups in total. The summed E-state index contributed by atoms with van der Waals surface area (Å²) in [5.74, 6) is 0.332. The highest BCUT2D eigenvalue weighted by molar-refractivity contribution is 9.12. The van der Waals surface area contributed by atoms with Crippen LogP contribution in [0.4, 0.5) is 0 Å². The van der Waals surface area contributed by atoms with Gasteiger partial charge in [-0.05, 0) is 68.0 Å². The van der Waals surface area contributed by atoms with Gasteiger partial charge in [0.05, 0.1) is 7.57 Å². The van der Waals surface area contributed by atoms with Crippen LogP contribution in [0, 0.1) is 0 Å². The third-order valence-electron chi connectivity index (χ3n) is 3.48. The Hall–Kier alpha value is -0.230. The zero-order valence-electron chi connectivity index (χ0n) is 9.57. The lowest BCUT2D eigenvalue weighted by Crippen LogP contribution is -2.18. The molecule has 2 aromatic heterocycles. The Bertz CT molecular complexity index is 582. The molecule has 2 unspecified atom stereocenters. The average molecular weight is 388 g/mol. The summed E-state index contributed by atoms with van der Waals surface area (Å²) < 4.78 is 2.23. The molecule has 0 fully saturated rings. The molecule has 3 rings (SSSR count). The van der Waals surface area contributed by atoms with Gasteiger partial charge in [-0.2, -0.15) is 0 Å². The fourth-order valence-corrected chi connectivity index (χ4v) is 5.55. The summed E-state index contributed by atoms with van der Waals surface area (Å²) in [5.41, 5.74) is 10.2. The highest BCUT2D eigenvalue weighted by atomic mass is 79.9. The topological polar surface area (TPSA) is 38.9 Å². The zero-order valence-corrected chi connectivity index (χ0v) is 13.6. The average Bonchev–Trinajstić information content (AvgIpc) is 2.92. The lowest BCUT2D eigenvalue weighted by Gasteiger charge is -2.19. The van der Waals surface area contributed by atoms with Gasteiger partial charge in [-0.1, -0.05) is 6.07 Å². The molecular weight excluding hydrogens is 376 g/mol. The summed E-state index contributed by atoms with van der Waals surface area (Å²) in [5, 5.41) is 0. The van der Waals surface area contributed by atoms with E-state index in [9.17, 15) is 0 Å². The molecule has 2 nitrogen and oxygen atoms in total. The van der Waals surface area contributed by atoms with Gasteiger partial charge < -0.3 is 5.73 Å². The Morgan fingerprint density at radius 1 is 1.44 bits per heavy atom. The van der Waals surface area contributed by atoms with Gasteiger partial charge in [-0.15, -0.1) is 11.3 Å². The molecule has 2 aromatic rings. The van der Waals surface area contributed by atoms with Gasteiger partial charge >= 0.3 is 0 Å². The number of halogens is 2. The van der Waals surface area contributed by atoms with Crippen molar-refractivity contribution in [1.82, 2.24) is 4.98 Å². The molecule has 1 aliphatic carbocycles. The molecule has 0 bridgehead atoms. The van der Waals surface area contributed by atoms with E-state index in [0.717, 1.165) is 20.4 Å². The molecule has 0 radical (unpaired) electrons. The number of nitrogens with zero attached hydrogens (tertiary/aromatic N) is 1. The van der Waals surface area contributed by atoms with Gasteiger partial charge in [0.15, 0.2) is 0 Å². The number of aromatic nitrogens is 1. The van der Waals surface area contributed by atoms with Crippen molar-refractivity contribution < 1.29 is 0 Å². The summed E-state index contributed by atoms with van der Waals surface area (Å²) in [6.07, 6.45) is 4.04. The van der Waals surface area contributed by atoms with Crippen molar-refractivity contribution >= 4 is 43.2 Å². The van der Waals surface area contributed by atoms with E-state index in [1.807, 2.05) is 12.3 Å². The molecule has 1 aliphatic rings. The first kappa shape index (κ1) is 12.8. The van der Waals surface area contributed by atoms with Crippen LogP contribution in [0.1, 0.15) is 35.2 Å². The van der Waals surface area contributed by atoms with E-state index in [1.165, 1.54) is 16.8 Å². The molecule has 0 saturated carbocycles. The maximum atomic E-state index is 6.45. The van der Waals surface area contributed by atoms with Gasteiger partial charge in [0, 0.05) is 23.9 Å². The van der Waals surface area contributed by atoms with Crippen molar-refractivity contribution in [2.75, 3.05) is 0 Å². The van der Waals surface area contributed by atoms with Crippen LogP contribution in [-0.4, -0.2) is 4.98 Å². The summed E-state index contributed by atoms with van der Waals surface area (Å²) in [6, 6.07) is 6.29. The Morgan fingerprint density at radius 3 is 3.00 bits per heavy atom. The number of pyridine rings is 1. The van der Waals surface area contributed by atoms with E-state index in [2.05, 4.69) is 49.0 Å². The number of aryl methyl sites for hydroxylation is 1. The minimum Gasteiger partial charge on any atom is -0.323 e. The van der Waals surface area contributed by atoms with E-state index in [4.69, 9.17) is 5.73 Å². The van der Waals surface area contributed by atoms with Crippen molar-refractivity contribution in [2.24, 2.45) is 5.73 Å². The fraction of sp³-hybridized carbons (Fsp3) is 0.308. The Morgan fingerprint density at radius 2 is 2.28 bits per heavy atom. The molecule has 0 amide bonds. The highest BCUT2D eigenvalue weighted by Crippen LogP contribution is 2.44. The van der Waals surface area contributed by atoms with Crippen molar-refractivity contribution in [1.29, 1.82) is 0 Å². The number of fused-ring (bicyclic) bond motifs is 1. The second-order valence-corrected chi connectivity index (χ2v) is 8.25. The van der Waals surface area contributed by atoms with Gasteiger partial charge in [0.2, 0.25) is 0 Å². The van der Waals surface area contributed by atoms with Gasteiger partial charge in [-0.3, -0.25) is 4.98 Å². The number of thiophene rings is 1. The first-order chi connectivity index (χ1) is 8.66. The van der Waals surface area contributed by atoms with Crippen molar-refractivity contribution in [3.63, 3.8) is 0 Å². The van der Waals surface area contributed by atoms with Crippen molar-refractivity contribution in [3.05, 3.63) is 48.8 Å². The first-order valence-corrected chi connectivity index (χ1v) is 8.21. The monoisotopic (exact) mass is 386 g/mol. The van der Waals surface area contributed by atoms with Crippen LogP contribution in [-0.2, 0) is 6.42 Å². The Labute approximate surface area is 127 Å². The van der Waals surface area contributed by atoms with E-state index < -0.39 is 0 Å². The SMILES string of the molecule is NC(c1cc(Br)sc1Br)C1CCc2cccnc21. The summed E-state index contributed by atoms with van der Waals surface area (Å²) >= 11 is 8.77. The van der Waals surface area contributed by atoms with Crippen LogP contribution >= 0.6 is 43.2 Å². The van der Waals surface area contributed by atoms with E-state index >= 15 is 0 Å². The third-order valence-corrected chi connectivity index (χ3v) is 5.86. The maximum absolute atomic E-state index is 6.45. The fourth-order valence-electron chi connectivity index (χ4n) is 2.59. The molecule has 0 aliphatic heterocycles. The minimum atomic E-state index is 0.0121. The van der Waals surface area contributed by atoms with Crippen LogP contribution in [0.3, 0.4) is 0 Å². The van der Waals surface area contributed by atoms with E-state index in [1.54, 1.807) is 11.3 Å². The minimum absolute atomic E-state index is 0.0121. The second kappa shape index (κ2) is 5.04. The number of nitrogens with two attached hydrogens (primary N) is 1. The molecule has 0 aromatic carbocycles. The highest BCUT2D eigenvalue weighted by Gasteiger charge is 2.31. The molecule has 0 saturated heterocycles. The number of rotatable bonds is 2. The standard InChI is InChI=1S/C13H12Br2N2S/c14-10-6-9(13(15)18-10)11(16)8-4-3-7-2-1-5-17-12(7)8/h1-2,5-6,8,11H,3-4,16H2. The predicted octanol–water partition coefficient (Wildman–Crippen LogP) is 4.40. The van der Waals surface area contributed by atoms with Crippen molar-refractivity contribution in [3.8, 4) is 0 Å². The molecule has 2 atom stereocenters. The van der Waals surface area contributed by atoms with E-state index in [-0.39, 0.29) is 6.04 Å². The maximum Gasteiger partial charge on any atom is 0.0758 e. The van der Waals surface area contributed by atoms with Crippen LogP contribution in [0.2, 0.25) is 0 Å². The van der Waals surface area contributed by atoms with Crippen molar-refractivity contribution in [2.45, 2.75) is 24.8 Å². The third kappa shape index (κ3) is 2.18. The molecule has 0 spiro atoms. The smallest absolute Gasteiger partial charge is 0.0758 e. The Balaban J connectivity index is 1.95. The molecule has 94 valence electrons. The second-order valence-electron chi connectivity index (χ2n) is 4.50. The van der Waals surface area contributed by atoms with Gasteiger partial charge in [-0.25, -0.2) is 0 Å². The van der Waals surface area contributed by atoms with Crippen LogP contribution in [0.5, 0.6) is 0 Å². The molecule has 5 heteroatoms. The quantitative estimate of drug-likeness (QED) is 0.829. The normalized spacial score (nSPS) is 19.8. The Kier molecular flexibility index (Phi) is 3.58. The van der Waals surface area contributed by atoms with Crippen LogP contribution < -0.4 is 5.73 Å².